The van der Waals surface area contributed by atoms with Crippen LogP contribution in [-0.2, 0) is 20.8 Å². The molecule has 204 valence electrons. The zero-order valence-electron chi connectivity index (χ0n) is 22.2. The maximum Gasteiger partial charge on any atom is 0.332 e. The molecule has 0 radical (unpaired) electrons. The SMILES string of the molecule is CC(C)(C)N1C(=O)C2C(c3ccc(Br)cc3)N3C(=O)N(c4cccc(Br)c4)C(=O)[C@@]3(Cc3ccccc3)C2C1=O. The molecule has 0 aliphatic carbocycles. The van der Waals surface area contributed by atoms with E-state index in [0.29, 0.717) is 15.7 Å². The topological polar surface area (TPSA) is 78.0 Å². The van der Waals surface area contributed by atoms with Gasteiger partial charge in [0.05, 0.1) is 23.6 Å². The van der Waals surface area contributed by atoms with Crippen LogP contribution < -0.4 is 4.90 Å². The molecule has 3 saturated heterocycles. The molecule has 5 amide bonds. The Morgan fingerprint density at radius 2 is 1.48 bits per heavy atom. The van der Waals surface area contributed by atoms with Crippen molar-refractivity contribution < 1.29 is 19.2 Å². The number of urea groups is 1. The molecule has 0 spiro atoms. The highest BCUT2D eigenvalue weighted by molar-refractivity contribution is 9.10. The summed E-state index contributed by atoms with van der Waals surface area (Å²) in [6, 6.07) is 22.4. The van der Waals surface area contributed by atoms with Crippen LogP contribution in [0.1, 0.15) is 37.9 Å². The van der Waals surface area contributed by atoms with Crippen LogP contribution in [-0.4, -0.2) is 44.6 Å². The van der Waals surface area contributed by atoms with Gasteiger partial charge in [-0.3, -0.25) is 19.3 Å². The fraction of sp³-hybridized carbons (Fsp3) is 0.290. The molecule has 0 saturated carbocycles. The average Bonchev–Trinajstić information content (AvgIpc) is 3.42. The number of rotatable bonds is 4. The van der Waals surface area contributed by atoms with Crippen molar-refractivity contribution in [3.05, 3.63) is 98.9 Å². The lowest BCUT2D eigenvalue weighted by molar-refractivity contribution is -0.149. The zero-order chi connectivity index (χ0) is 28.6. The lowest BCUT2D eigenvalue weighted by Gasteiger charge is -2.38. The van der Waals surface area contributed by atoms with Gasteiger partial charge >= 0.3 is 6.03 Å². The van der Waals surface area contributed by atoms with Gasteiger partial charge in [0.1, 0.15) is 5.54 Å². The van der Waals surface area contributed by atoms with Crippen molar-refractivity contribution >= 4 is 61.3 Å². The normalized spacial score (nSPS) is 26.1. The summed E-state index contributed by atoms with van der Waals surface area (Å²) < 4.78 is 1.55. The van der Waals surface area contributed by atoms with E-state index in [-0.39, 0.29) is 12.3 Å². The first-order chi connectivity index (χ1) is 19.0. The largest absolute Gasteiger partial charge is 0.332 e. The van der Waals surface area contributed by atoms with Crippen LogP contribution in [0.5, 0.6) is 0 Å². The standard InChI is InChI=1S/C31H27Br2N3O4/c1-30(2,3)36-26(37)23-24(27(36)38)31(17-18-8-5-4-6-9-18)28(39)34(22-11-7-10-21(33)16-22)29(40)35(31)25(23)19-12-14-20(32)15-13-19/h4-16,23-25H,17H2,1-3H3/t23?,24?,25?,31-/m1/s1. The summed E-state index contributed by atoms with van der Waals surface area (Å²) in [7, 11) is 0. The number of carbonyl (C=O) groups is 4. The van der Waals surface area contributed by atoms with E-state index in [1.807, 2.05) is 81.4 Å². The number of hydrogen-bond acceptors (Lipinski definition) is 4. The second-order valence-electron chi connectivity index (χ2n) is 11.5. The molecule has 3 aromatic rings. The van der Waals surface area contributed by atoms with Gasteiger partial charge in [-0.25, -0.2) is 9.69 Å². The van der Waals surface area contributed by atoms with Crippen LogP contribution in [0.15, 0.2) is 87.8 Å². The first-order valence-electron chi connectivity index (χ1n) is 13.1. The summed E-state index contributed by atoms with van der Waals surface area (Å²) in [5.41, 5.74) is -0.481. The van der Waals surface area contributed by atoms with E-state index in [2.05, 4.69) is 31.9 Å². The van der Waals surface area contributed by atoms with Gasteiger partial charge < -0.3 is 4.90 Å². The van der Waals surface area contributed by atoms with Crippen molar-refractivity contribution in [3.8, 4) is 0 Å². The van der Waals surface area contributed by atoms with E-state index in [4.69, 9.17) is 0 Å². The molecule has 0 aromatic heterocycles. The number of anilines is 1. The third kappa shape index (κ3) is 3.81. The fourth-order valence-corrected chi connectivity index (χ4v) is 7.33. The molecule has 4 atom stereocenters. The maximum atomic E-state index is 14.8. The van der Waals surface area contributed by atoms with E-state index in [0.717, 1.165) is 10.0 Å². The number of carbonyl (C=O) groups excluding carboxylic acids is 4. The van der Waals surface area contributed by atoms with Crippen LogP contribution in [0.4, 0.5) is 10.5 Å². The molecule has 3 aromatic carbocycles. The van der Waals surface area contributed by atoms with Crippen LogP contribution in [0.25, 0.3) is 0 Å². The van der Waals surface area contributed by atoms with Crippen LogP contribution in [0, 0.1) is 11.8 Å². The van der Waals surface area contributed by atoms with Gasteiger partial charge in [0, 0.05) is 20.9 Å². The van der Waals surface area contributed by atoms with Gasteiger partial charge in [-0.15, -0.1) is 0 Å². The molecule has 3 fully saturated rings. The minimum atomic E-state index is -1.59. The van der Waals surface area contributed by atoms with Crippen molar-refractivity contribution in [2.45, 2.75) is 44.3 Å². The molecule has 0 bridgehead atoms. The van der Waals surface area contributed by atoms with Crippen molar-refractivity contribution in [3.63, 3.8) is 0 Å². The Hall–Kier alpha value is -3.30. The lowest BCUT2D eigenvalue weighted by atomic mass is 9.75. The summed E-state index contributed by atoms with van der Waals surface area (Å²) in [5.74, 6) is -3.20. The Morgan fingerprint density at radius 1 is 0.800 bits per heavy atom. The van der Waals surface area contributed by atoms with Crippen LogP contribution in [0.2, 0.25) is 0 Å². The second-order valence-corrected chi connectivity index (χ2v) is 13.4. The number of amides is 5. The van der Waals surface area contributed by atoms with Crippen molar-refractivity contribution in [2.24, 2.45) is 11.8 Å². The minimum Gasteiger partial charge on any atom is -0.300 e. The zero-order valence-corrected chi connectivity index (χ0v) is 25.3. The maximum absolute atomic E-state index is 14.8. The van der Waals surface area contributed by atoms with Gasteiger partial charge in [-0.05, 0) is 62.2 Å². The van der Waals surface area contributed by atoms with Crippen molar-refractivity contribution in [1.82, 2.24) is 9.80 Å². The number of fused-ring (bicyclic) bond motifs is 3. The molecule has 3 aliphatic rings. The smallest absolute Gasteiger partial charge is 0.300 e. The van der Waals surface area contributed by atoms with E-state index < -0.39 is 46.8 Å². The first kappa shape index (κ1) is 26.9. The molecule has 3 aliphatic heterocycles. The van der Waals surface area contributed by atoms with Crippen LogP contribution in [0.3, 0.4) is 0 Å². The van der Waals surface area contributed by atoms with Crippen molar-refractivity contribution in [1.29, 1.82) is 0 Å². The number of nitrogens with zero attached hydrogens (tertiary/aromatic N) is 3. The Kier molecular flexibility index (Phi) is 6.31. The number of imide groups is 2. The minimum absolute atomic E-state index is 0.105. The van der Waals surface area contributed by atoms with Gasteiger partial charge in [0.25, 0.3) is 5.91 Å². The molecule has 7 nitrogen and oxygen atoms in total. The van der Waals surface area contributed by atoms with E-state index in [9.17, 15) is 19.2 Å². The number of benzene rings is 3. The van der Waals surface area contributed by atoms with E-state index in [1.165, 1.54) is 14.7 Å². The highest BCUT2D eigenvalue weighted by Gasteiger charge is 2.77. The Bertz CT molecular complexity index is 1550. The second kappa shape index (κ2) is 9.38. The molecule has 3 unspecified atom stereocenters. The first-order valence-corrected chi connectivity index (χ1v) is 14.7. The van der Waals surface area contributed by atoms with Crippen LogP contribution >= 0.6 is 31.9 Å². The highest BCUT2D eigenvalue weighted by Crippen LogP contribution is 2.60. The summed E-state index contributed by atoms with van der Waals surface area (Å²) in [4.78, 5) is 61.7. The number of halogens is 2. The molecule has 0 N–H and O–H groups in total. The van der Waals surface area contributed by atoms with E-state index >= 15 is 0 Å². The van der Waals surface area contributed by atoms with Gasteiger partial charge in [-0.2, -0.15) is 0 Å². The highest BCUT2D eigenvalue weighted by atomic mass is 79.9. The Balaban J connectivity index is 1.63. The average molecular weight is 665 g/mol. The molecular weight excluding hydrogens is 638 g/mol. The summed E-state index contributed by atoms with van der Waals surface area (Å²) in [5, 5.41) is 0. The van der Waals surface area contributed by atoms with Gasteiger partial charge in [0.2, 0.25) is 11.8 Å². The monoisotopic (exact) mass is 663 g/mol. The lowest BCUT2D eigenvalue weighted by Crippen LogP contribution is -2.57. The molecule has 9 heteroatoms. The van der Waals surface area contributed by atoms with E-state index in [1.54, 1.807) is 18.2 Å². The summed E-state index contributed by atoms with van der Waals surface area (Å²) in [6.07, 6.45) is 0.105. The van der Waals surface area contributed by atoms with Gasteiger partial charge in [0.15, 0.2) is 0 Å². The molecule has 40 heavy (non-hydrogen) atoms. The third-order valence-corrected chi connectivity index (χ3v) is 9.17. The predicted octanol–water partition coefficient (Wildman–Crippen LogP) is 6.12. The van der Waals surface area contributed by atoms with Gasteiger partial charge in [-0.1, -0.05) is 80.4 Å². The summed E-state index contributed by atoms with van der Waals surface area (Å²) >= 11 is 6.92. The Labute approximate surface area is 249 Å². The fourth-order valence-electron chi connectivity index (χ4n) is 6.68. The molecule has 3 heterocycles. The number of hydrogen-bond donors (Lipinski definition) is 0. The predicted molar refractivity (Wildman–Crippen MR) is 157 cm³/mol. The summed E-state index contributed by atoms with van der Waals surface area (Å²) in [6.45, 7) is 5.45. The molecule has 6 rings (SSSR count). The quantitative estimate of drug-likeness (QED) is 0.249. The third-order valence-electron chi connectivity index (χ3n) is 8.15. The number of likely N-dealkylation sites (tertiary alicyclic amines) is 1. The Morgan fingerprint density at radius 3 is 2.10 bits per heavy atom. The van der Waals surface area contributed by atoms with Crippen molar-refractivity contribution in [2.75, 3.05) is 4.90 Å². The molecular formula is C31H27Br2N3O4.